The van der Waals surface area contributed by atoms with E-state index in [9.17, 15) is 0 Å². The van der Waals surface area contributed by atoms with Gasteiger partial charge in [0.1, 0.15) is 0 Å². The van der Waals surface area contributed by atoms with Crippen molar-refractivity contribution in [3.8, 4) is 0 Å². The zero-order valence-corrected chi connectivity index (χ0v) is 14.0. The maximum absolute atomic E-state index is 2.55. The summed E-state index contributed by atoms with van der Waals surface area (Å²) in [5, 5.41) is 0. The van der Waals surface area contributed by atoms with Crippen LogP contribution in [0.25, 0.3) is 0 Å². The van der Waals surface area contributed by atoms with Crippen LogP contribution in [-0.4, -0.2) is 0 Å². The van der Waals surface area contributed by atoms with Crippen LogP contribution in [0.3, 0.4) is 0 Å². The third-order valence-electron chi connectivity index (χ3n) is 5.42. The molecule has 4 unspecified atom stereocenters. The smallest absolute Gasteiger partial charge is 0.0234 e. The quantitative estimate of drug-likeness (QED) is 0.432. The third-order valence-corrected chi connectivity index (χ3v) is 5.42. The minimum atomic E-state index is 0.778. The Bertz CT molecular complexity index is 263. The molecule has 1 aliphatic rings. The second-order valence-corrected chi connectivity index (χ2v) is 7.31. The SMILES string of the molecule is CC1=CC(C)CCCCCCC(C)C(C)CCC1C. The zero-order chi connectivity index (χ0) is 14.3. The van der Waals surface area contributed by atoms with Gasteiger partial charge in [-0.1, -0.05) is 71.4 Å². The predicted octanol–water partition coefficient (Wildman–Crippen LogP) is 6.61. The lowest BCUT2D eigenvalue weighted by Gasteiger charge is -2.23. The van der Waals surface area contributed by atoms with Crippen molar-refractivity contribution in [1.29, 1.82) is 0 Å². The van der Waals surface area contributed by atoms with E-state index in [4.69, 9.17) is 0 Å². The summed E-state index contributed by atoms with van der Waals surface area (Å²) in [6, 6.07) is 0. The molecule has 4 atom stereocenters. The van der Waals surface area contributed by atoms with Gasteiger partial charge < -0.3 is 0 Å². The largest absolute Gasteiger partial charge is 0.0825 e. The van der Waals surface area contributed by atoms with Crippen molar-refractivity contribution < 1.29 is 0 Å². The van der Waals surface area contributed by atoms with E-state index in [-0.39, 0.29) is 0 Å². The summed E-state index contributed by atoms with van der Waals surface area (Å²) >= 11 is 0. The zero-order valence-electron chi connectivity index (χ0n) is 14.0. The summed E-state index contributed by atoms with van der Waals surface area (Å²) in [5.74, 6) is 3.37. The molecule has 0 amide bonds. The average molecular weight is 264 g/mol. The first-order chi connectivity index (χ1) is 9.00. The fraction of sp³-hybridized carbons (Fsp3) is 0.895. The van der Waals surface area contributed by atoms with E-state index in [2.05, 4.69) is 40.7 Å². The molecule has 112 valence electrons. The van der Waals surface area contributed by atoms with Gasteiger partial charge in [0, 0.05) is 0 Å². The molecule has 19 heavy (non-hydrogen) atoms. The molecule has 0 heteroatoms. The molecule has 0 spiro atoms. The van der Waals surface area contributed by atoms with Gasteiger partial charge in [0.2, 0.25) is 0 Å². The highest BCUT2D eigenvalue weighted by Gasteiger charge is 2.15. The molecular weight excluding hydrogens is 228 g/mol. The molecular formula is C19H36. The van der Waals surface area contributed by atoms with Crippen molar-refractivity contribution >= 4 is 0 Å². The predicted molar refractivity (Wildman–Crippen MR) is 87.3 cm³/mol. The molecule has 0 saturated heterocycles. The molecule has 0 nitrogen and oxygen atoms in total. The lowest BCUT2D eigenvalue weighted by molar-refractivity contribution is 0.313. The molecule has 0 aromatic rings. The number of allylic oxidation sites excluding steroid dienone is 2. The fourth-order valence-electron chi connectivity index (χ4n) is 3.29. The van der Waals surface area contributed by atoms with E-state index in [0.29, 0.717) is 0 Å². The first-order valence-electron chi connectivity index (χ1n) is 8.69. The second kappa shape index (κ2) is 8.82. The summed E-state index contributed by atoms with van der Waals surface area (Å²) < 4.78 is 0. The molecule has 1 aliphatic carbocycles. The van der Waals surface area contributed by atoms with Crippen LogP contribution in [0.15, 0.2) is 11.6 Å². The number of hydrogen-bond acceptors (Lipinski definition) is 0. The normalized spacial score (nSPS) is 36.4. The van der Waals surface area contributed by atoms with Crippen LogP contribution < -0.4 is 0 Å². The molecule has 0 aromatic heterocycles. The van der Waals surface area contributed by atoms with Crippen LogP contribution in [0, 0.1) is 23.7 Å². The first-order valence-corrected chi connectivity index (χ1v) is 8.69. The molecule has 0 N–H and O–H groups in total. The van der Waals surface area contributed by atoms with Gasteiger partial charge in [-0.25, -0.2) is 0 Å². The summed E-state index contributed by atoms with van der Waals surface area (Å²) in [6.07, 6.45) is 13.9. The van der Waals surface area contributed by atoms with Gasteiger partial charge >= 0.3 is 0 Å². The molecule has 0 fully saturated rings. The minimum Gasteiger partial charge on any atom is -0.0825 e. The molecule has 0 aliphatic heterocycles. The monoisotopic (exact) mass is 264 g/mol. The fourth-order valence-corrected chi connectivity index (χ4v) is 3.29. The Morgan fingerprint density at radius 1 is 0.737 bits per heavy atom. The van der Waals surface area contributed by atoms with E-state index in [1.807, 2.05) is 0 Å². The van der Waals surface area contributed by atoms with Crippen molar-refractivity contribution in [3.63, 3.8) is 0 Å². The highest BCUT2D eigenvalue weighted by Crippen LogP contribution is 2.28. The van der Waals surface area contributed by atoms with Crippen LogP contribution >= 0.6 is 0 Å². The molecule has 0 bridgehead atoms. The van der Waals surface area contributed by atoms with E-state index in [1.165, 1.54) is 51.4 Å². The number of rotatable bonds is 0. The standard InChI is InChI=1S/C19H36/c1-15-10-8-6-7-9-11-16(2)17(3)12-13-18(4)19(5)14-15/h14-18H,6-13H2,1-5H3. The Kier molecular flexibility index (Phi) is 7.80. The number of hydrogen-bond donors (Lipinski definition) is 0. The average Bonchev–Trinajstić information content (AvgIpc) is 2.38. The Labute approximate surface area is 122 Å². The lowest BCUT2D eigenvalue weighted by atomic mass is 9.83. The van der Waals surface area contributed by atoms with Crippen LogP contribution in [0.1, 0.15) is 86.0 Å². The first kappa shape index (κ1) is 16.8. The van der Waals surface area contributed by atoms with Crippen LogP contribution in [-0.2, 0) is 0 Å². The van der Waals surface area contributed by atoms with E-state index in [0.717, 1.165) is 23.7 Å². The van der Waals surface area contributed by atoms with Crippen LogP contribution in [0.2, 0.25) is 0 Å². The van der Waals surface area contributed by atoms with Crippen molar-refractivity contribution in [3.05, 3.63) is 11.6 Å². The Morgan fingerprint density at radius 2 is 1.32 bits per heavy atom. The summed E-state index contributed by atoms with van der Waals surface area (Å²) in [4.78, 5) is 0. The Morgan fingerprint density at radius 3 is 2.00 bits per heavy atom. The lowest BCUT2D eigenvalue weighted by Crippen LogP contribution is -2.11. The molecule has 0 aromatic carbocycles. The highest BCUT2D eigenvalue weighted by atomic mass is 14.2. The molecule has 0 saturated carbocycles. The summed E-state index contributed by atoms with van der Waals surface area (Å²) in [7, 11) is 0. The van der Waals surface area contributed by atoms with Crippen molar-refractivity contribution in [2.24, 2.45) is 23.7 Å². The Balaban J connectivity index is 2.60. The van der Waals surface area contributed by atoms with Gasteiger partial charge in [0.15, 0.2) is 0 Å². The van der Waals surface area contributed by atoms with Gasteiger partial charge in [-0.15, -0.1) is 0 Å². The Hall–Kier alpha value is -0.260. The highest BCUT2D eigenvalue weighted by molar-refractivity contribution is 5.04. The van der Waals surface area contributed by atoms with Crippen molar-refractivity contribution in [2.45, 2.75) is 86.0 Å². The van der Waals surface area contributed by atoms with E-state index in [1.54, 1.807) is 5.57 Å². The molecule has 0 heterocycles. The van der Waals surface area contributed by atoms with Crippen molar-refractivity contribution in [2.75, 3.05) is 0 Å². The maximum atomic E-state index is 2.55. The van der Waals surface area contributed by atoms with Crippen molar-refractivity contribution in [1.82, 2.24) is 0 Å². The van der Waals surface area contributed by atoms with E-state index >= 15 is 0 Å². The van der Waals surface area contributed by atoms with Crippen LogP contribution in [0.5, 0.6) is 0 Å². The third kappa shape index (κ3) is 6.63. The summed E-state index contributed by atoms with van der Waals surface area (Å²) in [6.45, 7) is 12.1. The van der Waals surface area contributed by atoms with Gasteiger partial charge in [-0.2, -0.15) is 0 Å². The molecule has 1 rings (SSSR count). The van der Waals surface area contributed by atoms with Gasteiger partial charge in [0.05, 0.1) is 0 Å². The molecule has 0 radical (unpaired) electrons. The van der Waals surface area contributed by atoms with E-state index < -0.39 is 0 Å². The maximum Gasteiger partial charge on any atom is -0.0234 e. The second-order valence-electron chi connectivity index (χ2n) is 7.31. The van der Waals surface area contributed by atoms with Crippen LogP contribution in [0.4, 0.5) is 0 Å². The van der Waals surface area contributed by atoms with Gasteiger partial charge in [0.25, 0.3) is 0 Å². The topological polar surface area (TPSA) is 0 Å². The minimum absolute atomic E-state index is 0.778. The van der Waals surface area contributed by atoms with Gasteiger partial charge in [-0.05, 0) is 49.9 Å². The summed E-state index contributed by atoms with van der Waals surface area (Å²) in [5.41, 5.74) is 1.63. The van der Waals surface area contributed by atoms with Gasteiger partial charge in [-0.3, -0.25) is 0 Å².